The maximum Gasteiger partial charge on any atom is 1.00 e. The van der Waals surface area contributed by atoms with E-state index in [4.69, 9.17) is 4.74 Å². The Balaban J connectivity index is 0.00000324. The number of hydrogen-bond acceptors (Lipinski definition) is 5. The van der Waals surface area contributed by atoms with Gasteiger partial charge in [-0.1, -0.05) is 0 Å². The van der Waals surface area contributed by atoms with Crippen LogP contribution < -0.4 is 40.0 Å². The minimum atomic E-state index is -1.35. The molecule has 0 spiro atoms. The third-order valence-corrected chi connectivity index (χ3v) is 1.87. The number of hydrogen-bond donors (Lipinski definition) is 1. The third kappa shape index (κ3) is 7.15. The summed E-state index contributed by atoms with van der Waals surface area (Å²) in [6.45, 7) is 5.44. The van der Waals surface area contributed by atoms with Crippen molar-refractivity contribution in [3.8, 4) is 0 Å². The van der Waals surface area contributed by atoms with E-state index < -0.39 is 17.7 Å². The molecule has 0 saturated carbocycles. The molecule has 6 nitrogen and oxygen atoms in total. The Kier molecular flexibility index (Phi) is 7.04. The summed E-state index contributed by atoms with van der Waals surface area (Å²) in [7, 11) is 0. The van der Waals surface area contributed by atoms with Crippen molar-refractivity contribution in [1.29, 1.82) is 0 Å². The predicted octanol–water partition coefficient (Wildman–Crippen LogP) is -2.53. The van der Waals surface area contributed by atoms with Gasteiger partial charge < -0.3 is 20.0 Å². The zero-order chi connectivity index (χ0) is 13.8. The van der Waals surface area contributed by atoms with E-state index in [1.54, 1.807) is 26.8 Å². The molecule has 0 fully saturated rings. The SMILES string of the molecule is CC(C)(C)OC(=O)NCc1ccnc(C(=O)[O-])c1.[Na+]. The standard InChI is InChI=1S/C12H16N2O4.Na/c1-12(2,3)18-11(17)14-7-8-4-5-13-9(6-8)10(15)16;/h4-6H,7H2,1-3H3,(H,14,17)(H,15,16);/q;+1/p-1. The van der Waals surface area contributed by atoms with Crippen LogP contribution in [0.3, 0.4) is 0 Å². The molecule has 1 aromatic heterocycles. The van der Waals surface area contributed by atoms with Crippen LogP contribution in [0.5, 0.6) is 0 Å². The van der Waals surface area contributed by atoms with E-state index in [1.165, 1.54) is 12.3 Å². The fourth-order valence-corrected chi connectivity index (χ4v) is 1.18. The van der Waals surface area contributed by atoms with Gasteiger partial charge in [0.15, 0.2) is 0 Å². The van der Waals surface area contributed by atoms with Crippen molar-refractivity contribution in [3.63, 3.8) is 0 Å². The molecule has 0 aromatic carbocycles. The Bertz CT molecular complexity index is 457. The second-order valence-corrected chi connectivity index (χ2v) is 4.69. The average molecular weight is 274 g/mol. The molecular weight excluding hydrogens is 259 g/mol. The van der Waals surface area contributed by atoms with Gasteiger partial charge in [0.25, 0.3) is 0 Å². The summed E-state index contributed by atoms with van der Waals surface area (Å²) in [4.78, 5) is 25.6. The molecule has 1 heterocycles. The summed E-state index contributed by atoms with van der Waals surface area (Å²) in [5.41, 5.74) is -0.132. The molecule has 0 unspecified atom stereocenters. The predicted molar refractivity (Wildman–Crippen MR) is 61.6 cm³/mol. The number of carboxylic acids is 1. The second kappa shape index (κ2) is 7.47. The van der Waals surface area contributed by atoms with Gasteiger partial charge in [0.1, 0.15) is 5.60 Å². The van der Waals surface area contributed by atoms with Gasteiger partial charge in [0, 0.05) is 12.7 Å². The molecule has 0 aliphatic heterocycles. The number of pyridine rings is 1. The van der Waals surface area contributed by atoms with Gasteiger partial charge in [-0.2, -0.15) is 0 Å². The Labute approximate surface area is 133 Å². The van der Waals surface area contributed by atoms with Crippen molar-refractivity contribution < 1.29 is 49.0 Å². The molecule has 0 aliphatic carbocycles. The molecular formula is C12H15N2NaO4. The minimum Gasteiger partial charge on any atom is -0.543 e. The van der Waals surface area contributed by atoms with Crippen LogP contribution in [-0.2, 0) is 11.3 Å². The van der Waals surface area contributed by atoms with E-state index in [2.05, 4.69) is 10.3 Å². The number of aromatic carboxylic acids is 1. The van der Waals surface area contributed by atoms with E-state index in [1.807, 2.05) is 0 Å². The Morgan fingerprint density at radius 2 is 2.05 bits per heavy atom. The first-order valence-corrected chi connectivity index (χ1v) is 5.41. The molecule has 0 atom stereocenters. The van der Waals surface area contributed by atoms with Crippen molar-refractivity contribution in [2.45, 2.75) is 32.9 Å². The van der Waals surface area contributed by atoms with Gasteiger partial charge in [-0.3, -0.25) is 4.98 Å². The van der Waals surface area contributed by atoms with E-state index in [0.717, 1.165) is 0 Å². The van der Waals surface area contributed by atoms with Gasteiger partial charge in [0.2, 0.25) is 0 Å². The largest absolute Gasteiger partial charge is 1.00 e. The molecule has 0 saturated heterocycles. The zero-order valence-electron chi connectivity index (χ0n) is 11.5. The fourth-order valence-electron chi connectivity index (χ4n) is 1.18. The maximum absolute atomic E-state index is 11.4. The van der Waals surface area contributed by atoms with E-state index in [9.17, 15) is 14.7 Å². The van der Waals surface area contributed by atoms with Crippen molar-refractivity contribution in [1.82, 2.24) is 10.3 Å². The fraction of sp³-hybridized carbons (Fsp3) is 0.417. The number of nitrogens with one attached hydrogen (secondary N) is 1. The normalized spacial score (nSPS) is 10.3. The molecule has 1 aromatic rings. The first kappa shape index (κ1) is 17.9. The molecule has 0 radical (unpaired) electrons. The smallest absolute Gasteiger partial charge is 0.543 e. The second-order valence-electron chi connectivity index (χ2n) is 4.69. The summed E-state index contributed by atoms with van der Waals surface area (Å²) in [6.07, 6.45) is 0.784. The third-order valence-electron chi connectivity index (χ3n) is 1.87. The van der Waals surface area contributed by atoms with Gasteiger partial charge in [-0.15, -0.1) is 0 Å². The number of rotatable bonds is 3. The monoisotopic (exact) mass is 274 g/mol. The summed E-state index contributed by atoms with van der Waals surface area (Å²) in [5, 5.41) is 13.1. The van der Waals surface area contributed by atoms with Crippen molar-refractivity contribution in [2.75, 3.05) is 0 Å². The number of carbonyl (C=O) groups is 2. The molecule has 0 bridgehead atoms. The average Bonchev–Trinajstić information content (AvgIpc) is 2.24. The minimum absolute atomic E-state index is 0. The molecule has 98 valence electrons. The van der Waals surface area contributed by atoms with Crippen LogP contribution in [0.25, 0.3) is 0 Å². The number of ether oxygens (including phenoxy) is 1. The number of nitrogens with zero attached hydrogens (tertiary/aromatic N) is 1. The topological polar surface area (TPSA) is 91.3 Å². The van der Waals surface area contributed by atoms with E-state index in [0.29, 0.717) is 5.56 Å². The Hall–Kier alpha value is -1.11. The van der Waals surface area contributed by atoms with Crippen LogP contribution in [0.2, 0.25) is 0 Å². The van der Waals surface area contributed by atoms with Crippen molar-refractivity contribution >= 4 is 12.1 Å². The molecule has 1 amide bonds. The first-order valence-electron chi connectivity index (χ1n) is 5.41. The van der Waals surface area contributed by atoms with Crippen molar-refractivity contribution in [3.05, 3.63) is 29.6 Å². The van der Waals surface area contributed by atoms with E-state index >= 15 is 0 Å². The number of carbonyl (C=O) groups excluding carboxylic acids is 2. The van der Waals surface area contributed by atoms with Crippen LogP contribution in [0, 0.1) is 0 Å². The van der Waals surface area contributed by atoms with Crippen LogP contribution >= 0.6 is 0 Å². The number of aromatic nitrogens is 1. The summed E-state index contributed by atoms with van der Waals surface area (Å²) in [5.74, 6) is -1.35. The van der Waals surface area contributed by atoms with Crippen molar-refractivity contribution in [2.24, 2.45) is 0 Å². The quantitative estimate of drug-likeness (QED) is 0.614. The zero-order valence-corrected chi connectivity index (χ0v) is 13.5. The first-order chi connectivity index (χ1) is 8.28. The van der Waals surface area contributed by atoms with Crippen LogP contribution in [-0.4, -0.2) is 22.6 Å². The Morgan fingerprint density at radius 1 is 1.42 bits per heavy atom. The molecule has 7 heteroatoms. The number of amides is 1. The molecule has 1 N–H and O–H groups in total. The van der Waals surface area contributed by atoms with Gasteiger partial charge in [-0.05, 0) is 38.5 Å². The van der Waals surface area contributed by atoms with Gasteiger partial charge in [0.05, 0.1) is 11.7 Å². The summed E-state index contributed by atoms with van der Waals surface area (Å²) in [6, 6.07) is 2.94. The van der Waals surface area contributed by atoms with Crippen LogP contribution in [0.4, 0.5) is 4.79 Å². The summed E-state index contributed by atoms with van der Waals surface area (Å²) >= 11 is 0. The molecule has 0 aliphatic rings. The van der Waals surface area contributed by atoms with Gasteiger partial charge >= 0.3 is 35.7 Å². The maximum atomic E-state index is 11.4. The van der Waals surface area contributed by atoms with Gasteiger partial charge in [-0.25, -0.2) is 4.79 Å². The Morgan fingerprint density at radius 3 is 2.58 bits per heavy atom. The van der Waals surface area contributed by atoms with Crippen LogP contribution in [0.15, 0.2) is 18.3 Å². The summed E-state index contributed by atoms with van der Waals surface area (Å²) < 4.78 is 5.04. The molecule has 19 heavy (non-hydrogen) atoms. The number of alkyl carbamates (subject to hydrolysis) is 1. The van der Waals surface area contributed by atoms with E-state index in [-0.39, 0.29) is 41.8 Å². The van der Waals surface area contributed by atoms with Crippen LogP contribution in [0.1, 0.15) is 36.8 Å². The molecule has 1 rings (SSSR count). The number of carboxylic acid groups (broad SMARTS) is 1.